The molecular formula is C24H33IN6O4. The Morgan fingerprint density at radius 2 is 1.83 bits per heavy atom. The van der Waals surface area contributed by atoms with Crippen LogP contribution in [-0.4, -0.2) is 64.4 Å². The van der Waals surface area contributed by atoms with E-state index in [1.165, 1.54) is 9.13 Å². The van der Waals surface area contributed by atoms with E-state index in [2.05, 4.69) is 38.9 Å². The number of hydrogen-bond acceptors (Lipinski definition) is 7. The van der Waals surface area contributed by atoms with Crippen molar-refractivity contribution >= 4 is 39.7 Å². The molecule has 0 unspecified atom stereocenters. The van der Waals surface area contributed by atoms with Crippen LogP contribution in [0.3, 0.4) is 0 Å². The van der Waals surface area contributed by atoms with Crippen molar-refractivity contribution in [3.8, 4) is 0 Å². The molecule has 1 aromatic carbocycles. The largest absolute Gasteiger partial charge is 0.351 e. The summed E-state index contributed by atoms with van der Waals surface area (Å²) in [7, 11) is 1.66. The zero-order valence-electron chi connectivity index (χ0n) is 20.5. The Morgan fingerprint density at radius 3 is 2.54 bits per heavy atom. The third kappa shape index (κ3) is 5.47. The molecule has 0 aliphatic carbocycles. The summed E-state index contributed by atoms with van der Waals surface area (Å²) in [5.74, 6) is 0.708. The Labute approximate surface area is 218 Å². The number of fused-ring (bicyclic) bond motifs is 1. The number of nitrogens with one attached hydrogen (secondary N) is 1. The normalized spacial score (nSPS) is 14.7. The van der Waals surface area contributed by atoms with Crippen molar-refractivity contribution in [2.75, 3.05) is 44.3 Å². The number of imidazole rings is 1. The minimum atomic E-state index is -0.685. The van der Waals surface area contributed by atoms with Gasteiger partial charge in [0, 0.05) is 43.5 Å². The molecule has 1 saturated heterocycles. The summed E-state index contributed by atoms with van der Waals surface area (Å²) in [4.78, 5) is 34.2. The van der Waals surface area contributed by atoms with Crippen LogP contribution in [0, 0.1) is 3.57 Å². The molecule has 11 heteroatoms. The molecule has 0 radical (unpaired) electrons. The average Bonchev–Trinajstić information content (AvgIpc) is 3.01. The molecule has 3 heterocycles. The molecular weight excluding hydrogens is 563 g/mol. The Morgan fingerprint density at radius 1 is 1.09 bits per heavy atom. The maximum absolute atomic E-state index is 13.9. The molecule has 3 aromatic rings. The molecule has 4 rings (SSSR count). The Kier molecular flexibility index (Phi) is 8.63. The van der Waals surface area contributed by atoms with E-state index in [9.17, 15) is 9.59 Å². The van der Waals surface area contributed by atoms with E-state index in [0.29, 0.717) is 36.9 Å². The van der Waals surface area contributed by atoms with Crippen molar-refractivity contribution in [3.63, 3.8) is 0 Å². The Balaban J connectivity index is 1.92. The maximum atomic E-state index is 13.9. The fourth-order valence-corrected chi connectivity index (χ4v) is 4.99. The van der Waals surface area contributed by atoms with Crippen molar-refractivity contribution in [2.45, 2.75) is 39.6 Å². The minimum Gasteiger partial charge on any atom is -0.351 e. The number of aromatic nitrogens is 4. The lowest BCUT2D eigenvalue weighted by Crippen LogP contribution is -2.43. The molecule has 10 nitrogen and oxygen atoms in total. The van der Waals surface area contributed by atoms with Crippen molar-refractivity contribution in [1.29, 1.82) is 0 Å². The summed E-state index contributed by atoms with van der Waals surface area (Å²) in [5.41, 5.74) is 1.06. The lowest BCUT2D eigenvalue weighted by atomic mass is 10.2. The van der Waals surface area contributed by atoms with Gasteiger partial charge in [0.1, 0.15) is 0 Å². The summed E-state index contributed by atoms with van der Waals surface area (Å²) in [6.45, 7) is 8.40. The second-order valence-corrected chi connectivity index (χ2v) is 9.61. The van der Waals surface area contributed by atoms with E-state index in [1.807, 2.05) is 36.6 Å². The van der Waals surface area contributed by atoms with E-state index in [-0.39, 0.29) is 12.1 Å². The van der Waals surface area contributed by atoms with Gasteiger partial charge in [-0.3, -0.25) is 18.5 Å². The van der Waals surface area contributed by atoms with Crippen LogP contribution in [0.4, 0.5) is 5.95 Å². The molecule has 1 aliphatic rings. The third-order valence-corrected chi connectivity index (χ3v) is 7.21. The first-order valence-electron chi connectivity index (χ1n) is 12.1. The van der Waals surface area contributed by atoms with Gasteiger partial charge in [-0.25, -0.2) is 4.79 Å². The summed E-state index contributed by atoms with van der Waals surface area (Å²) in [5, 5.41) is 3.42. The quantitative estimate of drug-likeness (QED) is 0.297. The average molecular weight is 596 g/mol. The van der Waals surface area contributed by atoms with Gasteiger partial charge < -0.3 is 19.7 Å². The first-order valence-corrected chi connectivity index (χ1v) is 13.2. The van der Waals surface area contributed by atoms with Crippen LogP contribution in [-0.2, 0) is 29.6 Å². The zero-order valence-corrected chi connectivity index (χ0v) is 22.7. The van der Waals surface area contributed by atoms with Crippen LogP contribution >= 0.6 is 22.6 Å². The fraction of sp³-hybridized carbons (Fsp3) is 0.542. The number of ether oxygens (including phenoxy) is 2. The van der Waals surface area contributed by atoms with Crippen LogP contribution in [0.25, 0.3) is 11.2 Å². The predicted molar refractivity (Wildman–Crippen MR) is 144 cm³/mol. The highest BCUT2D eigenvalue weighted by atomic mass is 127. The highest BCUT2D eigenvalue weighted by Crippen LogP contribution is 2.24. The van der Waals surface area contributed by atoms with E-state index in [4.69, 9.17) is 14.5 Å². The minimum absolute atomic E-state index is 0.0140. The van der Waals surface area contributed by atoms with Crippen LogP contribution in [0.2, 0.25) is 0 Å². The number of aryl methyl sites for hydroxylation is 1. The van der Waals surface area contributed by atoms with E-state index in [0.717, 1.165) is 41.7 Å². The second-order valence-electron chi connectivity index (χ2n) is 8.45. The van der Waals surface area contributed by atoms with Crippen molar-refractivity contribution in [3.05, 3.63) is 54.2 Å². The third-order valence-electron chi connectivity index (χ3n) is 6.16. The van der Waals surface area contributed by atoms with Gasteiger partial charge in [0.2, 0.25) is 5.95 Å². The van der Waals surface area contributed by atoms with Gasteiger partial charge in [-0.05, 0) is 61.0 Å². The zero-order chi connectivity index (χ0) is 24.9. The van der Waals surface area contributed by atoms with Crippen LogP contribution in [0.5, 0.6) is 0 Å². The first-order chi connectivity index (χ1) is 17.0. The maximum Gasteiger partial charge on any atom is 0.332 e. The smallest absolute Gasteiger partial charge is 0.332 e. The molecule has 0 spiro atoms. The number of benzene rings is 1. The van der Waals surface area contributed by atoms with E-state index < -0.39 is 12.0 Å². The lowest BCUT2D eigenvalue weighted by molar-refractivity contribution is -0.144. The Hall–Kier alpha value is -2.22. The summed E-state index contributed by atoms with van der Waals surface area (Å²) >= 11 is 2.31. The highest BCUT2D eigenvalue weighted by Gasteiger charge is 2.25. The summed E-state index contributed by atoms with van der Waals surface area (Å²) in [6, 6.07) is 8.10. The molecule has 190 valence electrons. The van der Waals surface area contributed by atoms with Gasteiger partial charge >= 0.3 is 5.69 Å². The van der Waals surface area contributed by atoms with Gasteiger partial charge in [-0.1, -0.05) is 18.2 Å². The van der Waals surface area contributed by atoms with Crippen molar-refractivity contribution in [1.82, 2.24) is 24.0 Å². The predicted octanol–water partition coefficient (Wildman–Crippen LogP) is 1.75. The van der Waals surface area contributed by atoms with Crippen molar-refractivity contribution in [2.24, 2.45) is 7.05 Å². The second kappa shape index (κ2) is 11.7. The number of halogens is 1. The molecule has 2 aromatic heterocycles. The SMILES string of the molecule is CCOC(Cn1c(=O)c2c(nc(N3CCCNCC3)n2Cc2ccccc2I)n(C)c1=O)OCC. The topological polar surface area (TPSA) is 95.5 Å². The van der Waals surface area contributed by atoms with Gasteiger partial charge in [0.15, 0.2) is 17.5 Å². The monoisotopic (exact) mass is 596 g/mol. The van der Waals surface area contributed by atoms with Crippen LogP contribution < -0.4 is 21.5 Å². The molecule has 0 saturated carbocycles. The van der Waals surface area contributed by atoms with E-state index in [1.54, 1.807) is 7.05 Å². The molecule has 1 N–H and O–H groups in total. The molecule has 0 atom stereocenters. The van der Waals surface area contributed by atoms with Gasteiger partial charge in [-0.15, -0.1) is 0 Å². The number of nitrogens with zero attached hydrogens (tertiary/aromatic N) is 5. The van der Waals surface area contributed by atoms with Gasteiger partial charge in [0.25, 0.3) is 5.56 Å². The number of hydrogen-bond donors (Lipinski definition) is 1. The summed E-state index contributed by atoms with van der Waals surface area (Å²) < 4.78 is 17.0. The molecule has 1 fully saturated rings. The lowest BCUT2D eigenvalue weighted by Gasteiger charge is -2.22. The van der Waals surface area contributed by atoms with Gasteiger partial charge in [0.05, 0.1) is 13.1 Å². The van der Waals surface area contributed by atoms with Gasteiger partial charge in [-0.2, -0.15) is 4.98 Å². The highest BCUT2D eigenvalue weighted by molar-refractivity contribution is 14.1. The molecule has 0 amide bonds. The summed E-state index contributed by atoms with van der Waals surface area (Å²) in [6.07, 6.45) is 0.287. The van der Waals surface area contributed by atoms with Crippen LogP contribution in [0.1, 0.15) is 25.8 Å². The number of rotatable bonds is 9. The van der Waals surface area contributed by atoms with Crippen molar-refractivity contribution < 1.29 is 9.47 Å². The molecule has 1 aliphatic heterocycles. The fourth-order valence-electron chi connectivity index (χ4n) is 4.43. The van der Waals surface area contributed by atoms with E-state index >= 15 is 0 Å². The standard InChI is InChI=1S/C24H33IN6O4/c1-4-34-19(35-5-2)16-31-22(32)20-21(28(3)24(31)33)27-23(29-13-8-11-26-12-14-29)30(20)15-17-9-6-7-10-18(17)25/h6-7,9-10,19,26H,4-5,8,11-16H2,1-3H3. The number of anilines is 1. The molecule has 35 heavy (non-hydrogen) atoms. The van der Waals surface area contributed by atoms with Crippen LogP contribution in [0.15, 0.2) is 33.9 Å². The Bertz CT molecular complexity index is 1270. The first kappa shape index (κ1) is 25.9. The molecule has 0 bridgehead atoms.